The lowest BCUT2D eigenvalue weighted by molar-refractivity contribution is -0.131. The van der Waals surface area contributed by atoms with E-state index in [1.165, 1.54) is 6.33 Å². The molecule has 0 atom stereocenters. The molecule has 1 rings (SSSR count). The van der Waals surface area contributed by atoms with Crippen molar-refractivity contribution in [3.63, 3.8) is 0 Å². The predicted octanol–water partition coefficient (Wildman–Crippen LogP) is 1.03. The SMILES string of the molecule is CC(C)(C(=O)Nc1ncn[nH]1)C(F)F. The lowest BCUT2D eigenvalue weighted by atomic mass is 9.93. The number of aromatic amines is 1. The molecule has 0 unspecified atom stereocenters. The molecule has 0 aromatic carbocycles. The quantitative estimate of drug-likeness (QED) is 0.772. The van der Waals surface area contributed by atoms with Crippen molar-refractivity contribution in [2.75, 3.05) is 5.32 Å². The Morgan fingerprint density at radius 1 is 1.64 bits per heavy atom. The Hall–Kier alpha value is -1.53. The number of hydrogen-bond donors (Lipinski definition) is 2. The standard InChI is InChI=1S/C7H10F2N4O/c1-7(2,4(8)9)5(14)12-6-10-3-11-13-6/h3-4H,1-2H3,(H2,10,11,12,13,14). The summed E-state index contributed by atoms with van der Waals surface area (Å²) in [4.78, 5) is 14.9. The van der Waals surface area contributed by atoms with Gasteiger partial charge in [-0.2, -0.15) is 10.1 Å². The van der Waals surface area contributed by atoms with Crippen LogP contribution in [0.3, 0.4) is 0 Å². The Morgan fingerprint density at radius 3 is 2.71 bits per heavy atom. The summed E-state index contributed by atoms with van der Waals surface area (Å²) in [7, 11) is 0. The molecular weight excluding hydrogens is 194 g/mol. The highest BCUT2D eigenvalue weighted by Gasteiger charge is 2.37. The van der Waals surface area contributed by atoms with Crippen molar-refractivity contribution in [2.45, 2.75) is 20.3 Å². The van der Waals surface area contributed by atoms with Crippen LogP contribution in [0.1, 0.15) is 13.8 Å². The second-order valence-electron chi connectivity index (χ2n) is 3.31. The smallest absolute Gasteiger partial charge is 0.252 e. The van der Waals surface area contributed by atoms with Gasteiger partial charge in [0.1, 0.15) is 11.7 Å². The van der Waals surface area contributed by atoms with Crippen molar-refractivity contribution in [2.24, 2.45) is 5.41 Å². The number of hydrogen-bond acceptors (Lipinski definition) is 3. The van der Waals surface area contributed by atoms with E-state index in [1.807, 2.05) is 0 Å². The molecule has 1 heterocycles. The van der Waals surface area contributed by atoms with Crippen molar-refractivity contribution in [1.82, 2.24) is 15.2 Å². The molecule has 0 aliphatic heterocycles. The zero-order valence-electron chi connectivity index (χ0n) is 7.71. The van der Waals surface area contributed by atoms with E-state index >= 15 is 0 Å². The lowest BCUT2D eigenvalue weighted by Gasteiger charge is -2.21. The van der Waals surface area contributed by atoms with Gasteiger partial charge in [0.25, 0.3) is 6.43 Å². The monoisotopic (exact) mass is 204 g/mol. The number of H-pyrrole nitrogens is 1. The number of anilines is 1. The summed E-state index contributed by atoms with van der Waals surface area (Å²) in [5.74, 6) is -0.743. The van der Waals surface area contributed by atoms with Gasteiger partial charge in [-0.3, -0.25) is 10.1 Å². The summed E-state index contributed by atoms with van der Waals surface area (Å²) in [6.45, 7) is 2.31. The van der Waals surface area contributed by atoms with Gasteiger partial charge in [-0.1, -0.05) is 0 Å². The molecule has 2 N–H and O–H groups in total. The fraction of sp³-hybridized carbons (Fsp3) is 0.571. The molecule has 7 heteroatoms. The first kappa shape index (κ1) is 10.6. The summed E-state index contributed by atoms with van der Waals surface area (Å²) >= 11 is 0. The topological polar surface area (TPSA) is 70.7 Å². The molecule has 0 aliphatic rings. The normalized spacial score (nSPS) is 11.8. The number of nitrogens with zero attached hydrogens (tertiary/aromatic N) is 2. The predicted molar refractivity (Wildman–Crippen MR) is 44.8 cm³/mol. The van der Waals surface area contributed by atoms with Crippen LogP contribution < -0.4 is 5.32 Å². The van der Waals surface area contributed by atoms with Gasteiger partial charge in [0.15, 0.2) is 0 Å². The fourth-order valence-electron chi connectivity index (χ4n) is 0.633. The first-order valence-corrected chi connectivity index (χ1v) is 3.89. The molecule has 0 spiro atoms. The minimum Gasteiger partial charge on any atom is -0.294 e. The zero-order chi connectivity index (χ0) is 10.8. The van der Waals surface area contributed by atoms with E-state index in [0.29, 0.717) is 0 Å². The Bertz CT molecular complexity index is 309. The number of halogens is 2. The lowest BCUT2D eigenvalue weighted by Crippen LogP contribution is -2.37. The molecule has 1 amide bonds. The molecule has 5 nitrogen and oxygen atoms in total. The second kappa shape index (κ2) is 3.69. The number of rotatable bonds is 3. The summed E-state index contributed by atoms with van der Waals surface area (Å²) in [6, 6.07) is 0. The maximum atomic E-state index is 12.4. The minimum absolute atomic E-state index is 0.0590. The Kier molecular flexibility index (Phi) is 2.78. The average molecular weight is 204 g/mol. The van der Waals surface area contributed by atoms with Crippen LogP contribution in [0.4, 0.5) is 14.7 Å². The van der Waals surface area contributed by atoms with Crippen molar-refractivity contribution < 1.29 is 13.6 Å². The summed E-state index contributed by atoms with van der Waals surface area (Å²) in [6.07, 6.45) is -1.56. The third-order valence-corrected chi connectivity index (χ3v) is 1.78. The van der Waals surface area contributed by atoms with E-state index in [0.717, 1.165) is 13.8 Å². The third-order valence-electron chi connectivity index (χ3n) is 1.78. The highest BCUT2D eigenvalue weighted by atomic mass is 19.3. The van der Waals surface area contributed by atoms with Gasteiger partial charge in [-0.15, -0.1) is 0 Å². The molecule has 0 saturated carbocycles. The van der Waals surface area contributed by atoms with E-state index < -0.39 is 17.7 Å². The molecule has 1 aromatic heterocycles. The molecule has 78 valence electrons. The number of amides is 1. The minimum atomic E-state index is -2.73. The molecule has 1 aromatic rings. The zero-order valence-corrected chi connectivity index (χ0v) is 7.71. The van der Waals surface area contributed by atoms with Crippen molar-refractivity contribution in [1.29, 1.82) is 0 Å². The van der Waals surface area contributed by atoms with Gasteiger partial charge in [0.05, 0.1) is 0 Å². The van der Waals surface area contributed by atoms with E-state index in [1.54, 1.807) is 0 Å². The van der Waals surface area contributed by atoms with Gasteiger partial charge in [-0.25, -0.2) is 13.9 Å². The van der Waals surface area contributed by atoms with Gasteiger partial charge in [0, 0.05) is 0 Å². The number of alkyl halides is 2. The van der Waals surface area contributed by atoms with Crippen molar-refractivity contribution in [3.05, 3.63) is 6.33 Å². The van der Waals surface area contributed by atoms with Crippen LogP contribution >= 0.6 is 0 Å². The summed E-state index contributed by atoms with van der Waals surface area (Å²) in [5, 5.41) is 8.00. The molecule has 0 aliphatic carbocycles. The maximum Gasteiger partial charge on any atom is 0.252 e. The average Bonchev–Trinajstić information content (AvgIpc) is 2.56. The molecule has 14 heavy (non-hydrogen) atoms. The first-order valence-electron chi connectivity index (χ1n) is 3.89. The molecule has 0 fully saturated rings. The third kappa shape index (κ3) is 2.04. The van der Waals surface area contributed by atoms with Crippen LogP contribution in [0.2, 0.25) is 0 Å². The van der Waals surface area contributed by atoms with Gasteiger partial charge >= 0.3 is 0 Å². The molecule has 0 saturated heterocycles. The van der Waals surface area contributed by atoms with Crippen LogP contribution in [0, 0.1) is 5.41 Å². The van der Waals surface area contributed by atoms with E-state index in [-0.39, 0.29) is 5.95 Å². The second-order valence-corrected chi connectivity index (χ2v) is 3.31. The van der Waals surface area contributed by atoms with Gasteiger partial charge in [-0.05, 0) is 13.8 Å². The van der Waals surface area contributed by atoms with Crippen LogP contribution in [0.5, 0.6) is 0 Å². The molecule has 0 bridgehead atoms. The summed E-state index contributed by atoms with van der Waals surface area (Å²) in [5.41, 5.74) is -1.74. The van der Waals surface area contributed by atoms with Crippen molar-refractivity contribution >= 4 is 11.9 Å². The van der Waals surface area contributed by atoms with E-state index in [2.05, 4.69) is 20.5 Å². The fourth-order valence-corrected chi connectivity index (χ4v) is 0.633. The van der Waals surface area contributed by atoms with Gasteiger partial charge < -0.3 is 0 Å². The number of carbonyl (C=O) groups is 1. The van der Waals surface area contributed by atoms with Crippen LogP contribution in [0.15, 0.2) is 6.33 Å². The van der Waals surface area contributed by atoms with Gasteiger partial charge in [0.2, 0.25) is 11.9 Å². The largest absolute Gasteiger partial charge is 0.294 e. The van der Waals surface area contributed by atoms with E-state index in [9.17, 15) is 13.6 Å². The Morgan fingerprint density at radius 2 is 2.29 bits per heavy atom. The molecular formula is C7H10F2N4O. The Labute approximate surface area is 78.9 Å². The first-order chi connectivity index (χ1) is 6.44. The number of nitrogens with one attached hydrogen (secondary N) is 2. The van der Waals surface area contributed by atoms with Crippen LogP contribution in [0.25, 0.3) is 0 Å². The maximum absolute atomic E-state index is 12.4. The molecule has 0 radical (unpaired) electrons. The van der Waals surface area contributed by atoms with Crippen LogP contribution in [-0.2, 0) is 4.79 Å². The highest BCUT2D eigenvalue weighted by molar-refractivity contribution is 5.93. The van der Waals surface area contributed by atoms with E-state index in [4.69, 9.17) is 0 Å². The van der Waals surface area contributed by atoms with Crippen molar-refractivity contribution in [3.8, 4) is 0 Å². The summed E-state index contributed by atoms with van der Waals surface area (Å²) < 4.78 is 24.8. The van der Waals surface area contributed by atoms with Crippen LogP contribution in [-0.4, -0.2) is 27.5 Å². The number of aromatic nitrogens is 3. The Balaban J connectivity index is 2.67. The highest BCUT2D eigenvalue weighted by Crippen LogP contribution is 2.25. The number of carbonyl (C=O) groups excluding carboxylic acids is 1.